The van der Waals surface area contributed by atoms with E-state index in [1.54, 1.807) is 6.92 Å². The van der Waals surface area contributed by atoms with Crippen LogP contribution >= 0.6 is 11.3 Å². The van der Waals surface area contributed by atoms with Crippen LogP contribution in [0.3, 0.4) is 0 Å². The number of fused-ring (bicyclic) bond motifs is 1. The fourth-order valence-electron chi connectivity index (χ4n) is 2.86. The van der Waals surface area contributed by atoms with Gasteiger partial charge in [-0.1, -0.05) is 30.4 Å². The number of halogens is 4. The zero-order valence-corrected chi connectivity index (χ0v) is 15.7. The molecule has 2 aromatic carbocycles. The first-order valence-corrected chi connectivity index (χ1v) is 9.23. The van der Waals surface area contributed by atoms with Crippen molar-refractivity contribution in [2.45, 2.75) is 25.6 Å². The predicted molar refractivity (Wildman–Crippen MR) is 98.1 cm³/mol. The van der Waals surface area contributed by atoms with Crippen LogP contribution < -0.4 is 4.80 Å². The highest BCUT2D eigenvalue weighted by Crippen LogP contribution is 2.30. The summed E-state index contributed by atoms with van der Waals surface area (Å²) in [5.41, 5.74) is -1.08. The number of aliphatic carboxylic acids is 1. The Bertz CT molecular complexity index is 1160. The molecule has 0 bridgehead atoms. The third-order valence-electron chi connectivity index (χ3n) is 4.22. The van der Waals surface area contributed by atoms with Crippen molar-refractivity contribution in [1.82, 2.24) is 4.57 Å². The van der Waals surface area contributed by atoms with Gasteiger partial charge in [0.2, 0.25) is 0 Å². The number of benzene rings is 2. The lowest BCUT2D eigenvalue weighted by molar-refractivity contribution is -0.141. The highest BCUT2D eigenvalue weighted by molar-refractivity contribution is 7.16. The summed E-state index contributed by atoms with van der Waals surface area (Å²) in [6.07, 6.45) is -4.50. The average molecular weight is 426 g/mol. The smallest absolute Gasteiger partial charge is 0.416 e. The molecule has 0 aliphatic carbocycles. The zero-order chi connectivity index (χ0) is 21.3. The van der Waals surface area contributed by atoms with Gasteiger partial charge in [0, 0.05) is 5.56 Å². The third kappa shape index (κ3) is 4.07. The Hall–Kier alpha value is -3.01. The van der Waals surface area contributed by atoms with Crippen molar-refractivity contribution in [3.05, 3.63) is 64.2 Å². The first kappa shape index (κ1) is 20.7. The number of nitrogens with zero attached hydrogens (tertiary/aromatic N) is 2. The van der Waals surface area contributed by atoms with Crippen LogP contribution in [0.5, 0.6) is 0 Å². The van der Waals surface area contributed by atoms with E-state index in [0.29, 0.717) is 6.07 Å². The van der Waals surface area contributed by atoms with Gasteiger partial charge in [-0.25, -0.2) is 9.18 Å². The van der Waals surface area contributed by atoms with Gasteiger partial charge < -0.3 is 9.67 Å². The molecule has 0 aliphatic rings. The predicted octanol–water partition coefficient (Wildman–Crippen LogP) is 4.64. The van der Waals surface area contributed by atoms with Crippen LogP contribution in [0.1, 0.15) is 35.3 Å². The van der Waals surface area contributed by atoms with Crippen LogP contribution in [-0.2, 0) is 11.0 Å². The topological polar surface area (TPSA) is 71.7 Å². The van der Waals surface area contributed by atoms with E-state index in [1.807, 2.05) is 0 Å². The third-order valence-corrected chi connectivity index (χ3v) is 5.30. The number of amides is 1. The molecule has 1 atom stereocenters. The van der Waals surface area contributed by atoms with Crippen molar-refractivity contribution in [3.8, 4) is 0 Å². The molecule has 29 heavy (non-hydrogen) atoms. The molecule has 0 fully saturated rings. The molecule has 0 aliphatic heterocycles. The van der Waals surface area contributed by atoms with Crippen molar-refractivity contribution in [3.63, 3.8) is 0 Å². The lowest BCUT2D eigenvalue weighted by Gasteiger charge is -2.13. The second kappa shape index (κ2) is 7.78. The van der Waals surface area contributed by atoms with Gasteiger partial charge in [-0.05, 0) is 36.8 Å². The minimum Gasteiger partial charge on any atom is -0.480 e. The van der Waals surface area contributed by atoms with Gasteiger partial charge in [0.25, 0.3) is 5.91 Å². The summed E-state index contributed by atoms with van der Waals surface area (Å²) in [5, 5.41) is 9.51. The standard InChI is InChI=1S/C19H14F4N2O3S/c1-2-13(17(27)28)25-14-8-4-7-12(20)15(14)29-18(25)24-16(26)10-5-3-6-11(9-10)19(21,22)23/h3-9,13H,2H2,1H3,(H,27,28)/b24-18-. The molecule has 0 radical (unpaired) electrons. The van der Waals surface area contributed by atoms with E-state index in [4.69, 9.17) is 0 Å². The number of hydrogen-bond acceptors (Lipinski definition) is 3. The fraction of sp³-hybridized carbons (Fsp3) is 0.211. The summed E-state index contributed by atoms with van der Waals surface area (Å²) in [6.45, 7) is 1.60. The highest BCUT2D eigenvalue weighted by atomic mass is 32.1. The first-order chi connectivity index (χ1) is 13.6. The Morgan fingerprint density at radius 3 is 2.52 bits per heavy atom. The maximum absolute atomic E-state index is 14.2. The number of alkyl halides is 3. The Kier molecular flexibility index (Phi) is 5.56. The second-order valence-corrected chi connectivity index (χ2v) is 7.08. The highest BCUT2D eigenvalue weighted by Gasteiger charge is 2.31. The van der Waals surface area contributed by atoms with E-state index in [9.17, 15) is 32.3 Å². The second-order valence-electron chi connectivity index (χ2n) is 6.10. The van der Waals surface area contributed by atoms with E-state index >= 15 is 0 Å². The summed E-state index contributed by atoms with van der Waals surface area (Å²) in [4.78, 5) is 27.9. The molecule has 1 unspecified atom stereocenters. The summed E-state index contributed by atoms with van der Waals surface area (Å²) < 4.78 is 54.2. The summed E-state index contributed by atoms with van der Waals surface area (Å²) in [5.74, 6) is -2.81. The molecule has 152 valence electrons. The van der Waals surface area contributed by atoms with Crippen LogP contribution in [0.25, 0.3) is 10.2 Å². The van der Waals surface area contributed by atoms with Gasteiger partial charge >= 0.3 is 12.1 Å². The van der Waals surface area contributed by atoms with E-state index in [2.05, 4.69) is 4.99 Å². The molecule has 0 saturated heterocycles. The van der Waals surface area contributed by atoms with Crippen molar-refractivity contribution < 1.29 is 32.3 Å². The number of aromatic nitrogens is 1. The maximum atomic E-state index is 14.2. The number of carbonyl (C=O) groups is 2. The molecule has 3 rings (SSSR count). The molecule has 3 aromatic rings. The van der Waals surface area contributed by atoms with Crippen LogP contribution in [0, 0.1) is 5.82 Å². The van der Waals surface area contributed by atoms with E-state index in [1.165, 1.54) is 28.8 Å². The van der Waals surface area contributed by atoms with Gasteiger partial charge in [0.1, 0.15) is 11.9 Å². The van der Waals surface area contributed by atoms with E-state index in [-0.39, 0.29) is 27.0 Å². The molecule has 1 N–H and O–H groups in total. The molecule has 1 amide bonds. The summed E-state index contributed by atoms with van der Waals surface area (Å²) in [6, 6.07) is 6.69. The Balaban J connectivity index is 2.21. The number of carboxylic acids is 1. The van der Waals surface area contributed by atoms with Crippen LogP contribution in [0.15, 0.2) is 47.5 Å². The SMILES string of the molecule is CCC(C(=O)O)n1/c(=N/C(=O)c2cccc(C(F)(F)F)c2)sc2c(F)cccc21. The molecule has 0 spiro atoms. The monoisotopic (exact) mass is 426 g/mol. The van der Waals surface area contributed by atoms with Crippen LogP contribution in [-0.4, -0.2) is 21.6 Å². The number of rotatable bonds is 4. The quantitative estimate of drug-likeness (QED) is 0.618. The molecule has 1 heterocycles. The van der Waals surface area contributed by atoms with Crippen molar-refractivity contribution in [2.24, 2.45) is 4.99 Å². The Morgan fingerprint density at radius 2 is 1.90 bits per heavy atom. The minimum atomic E-state index is -4.63. The van der Waals surface area contributed by atoms with Gasteiger partial charge in [-0.15, -0.1) is 0 Å². The van der Waals surface area contributed by atoms with Gasteiger partial charge in [0.15, 0.2) is 4.80 Å². The summed E-state index contributed by atoms with van der Waals surface area (Å²) >= 11 is 0.759. The van der Waals surface area contributed by atoms with Crippen LogP contribution in [0.2, 0.25) is 0 Å². The fourth-order valence-corrected chi connectivity index (χ4v) is 3.93. The number of hydrogen-bond donors (Lipinski definition) is 1. The Morgan fingerprint density at radius 1 is 1.21 bits per heavy atom. The lowest BCUT2D eigenvalue weighted by atomic mass is 10.1. The molecule has 0 saturated carbocycles. The van der Waals surface area contributed by atoms with Crippen molar-refractivity contribution in [2.75, 3.05) is 0 Å². The normalized spacial score (nSPS) is 13.6. The Labute approximate surface area is 165 Å². The number of carboxylic acid groups (broad SMARTS) is 1. The first-order valence-electron chi connectivity index (χ1n) is 8.42. The largest absolute Gasteiger partial charge is 0.480 e. The van der Waals surface area contributed by atoms with Gasteiger partial charge in [-0.2, -0.15) is 18.2 Å². The zero-order valence-electron chi connectivity index (χ0n) is 14.9. The average Bonchev–Trinajstić information content (AvgIpc) is 3.01. The minimum absolute atomic E-state index is 0.0998. The maximum Gasteiger partial charge on any atom is 0.416 e. The number of thiazole rings is 1. The molecule has 10 heteroatoms. The van der Waals surface area contributed by atoms with Crippen LogP contribution in [0.4, 0.5) is 17.6 Å². The van der Waals surface area contributed by atoms with Gasteiger partial charge in [0.05, 0.1) is 15.8 Å². The lowest BCUT2D eigenvalue weighted by Crippen LogP contribution is -2.27. The molecule has 1 aromatic heterocycles. The van der Waals surface area contributed by atoms with Crippen molar-refractivity contribution in [1.29, 1.82) is 0 Å². The van der Waals surface area contributed by atoms with E-state index in [0.717, 1.165) is 23.5 Å². The molecular weight excluding hydrogens is 412 g/mol. The molecule has 5 nitrogen and oxygen atoms in total. The summed E-state index contributed by atoms with van der Waals surface area (Å²) in [7, 11) is 0. The number of carbonyl (C=O) groups excluding carboxylic acids is 1. The molecular formula is C19H14F4N2O3S. The van der Waals surface area contributed by atoms with Gasteiger partial charge in [-0.3, -0.25) is 4.79 Å². The van der Waals surface area contributed by atoms with Crippen molar-refractivity contribution >= 4 is 33.4 Å². The van der Waals surface area contributed by atoms with E-state index < -0.39 is 35.5 Å².